The molecule has 0 bridgehead atoms. The van der Waals surface area contributed by atoms with E-state index < -0.39 is 0 Å². The minimum absolute atomic E-state index is 0.200. The topological polar surface area (TPSA) is 53.2 Å². The van der Waals surface area contributed by atoms with Gasteiger partial charge in [-0.05, 0) is 55.1 Å². The van der Waals surface area contributed by atoms with Crippen molar-refractivity contribution in [3.63, 3.8) is 0 Å². The number of aromatic amines is 1. The van der Waals surface area contributed by atoms with Crippen LogP contribution < -0.4 is 5.56 Å². The molecule has 1 N–H and O–H groups in total. The van der Waals surface area contributed by atoms with Crippen molar-refractivity contribution in [2.45, 2.75) is 20.4 Å². The van der Waals surface area contributed by atoms with Crippen LogP contribution in [0.2, 0.25) is 0 Å². The number of nitrogens with zero attached hydrogens (tertiary/aromatic N) is 1. The Hall–Kier alpha value is -2.95. The number of benzene rings is 2. The van der Waals surface area contributed by atoms with E-state index in [9.17, 15) is 14.0 Å². The summed E-state index contributed by atoms with van der Waals surface area (Å²) >= 11 is 0. The molecule has 5 heteroatoms. The molecule has 0 saturated carbocycles. The molecule has 1 aromatic heterocycles. The standard InChI is InChI=1S/C20H19FN2O2/c1-3-23(20(25)14-7-9-17(21)10-8-14)12-16-11-15-6-4-5-13(2)18(15)22-19(16)24/h4-11H,3,12H2,1-2H3,(H,22,24). The predicted molar refractivity (Wildman–Crippen MR) is 96.1 cm³/mol. The zero-order valence-electron chi connectivity index (χ0n) is 14.2. The number of para-hydroxylation sites is 1. The van der Waals surface area contributed by atoms with Crippen molar-refractivity contribution in [1.82, 2.24) is 9.88 Å². The summed E-state index contributed by atoms with van der Waals surface area (Å²) < 4.78 is 13.0. The van der Waals surface area contributed by atoms with Gasteiger partial charge in [-0.25, -0.2) is 4.39 Å². The van der Waals surface area contributed by atoms with Crippen LogP contribution in [0.4, 0.5) is 4.39 Å². The number of pyridine rings is 1. The van der Waals surface area contributed by atoms with E-state index in [4.69, 9.17) is 0 Å². The molecule has 3 aromatic rings. The highest BCUT2D eigenvalue weighted by atomic mass is 19.1. The summed E-state index contributed by atoms with van der Waals surface area (Å²) in [5.74, 6) is -0.618. The van der Waals surface area contributed by atoms with E-state index in [1.165, 1.54) is 24.3 Å². The lowest BCUT2D eigenvalue weighted by atomic mass is 10.1. The normalized spacial score (nSPS) is 10.8. The fraction of sp³-hybridized carbons (Fsp3) is 0.200. The number of aryl methyl sites for hydroxylation is 1. The van der Waals surface area contributed by atoms with Crippen molar-refractivity contribution in [3.8, 4) is 0 Å². The first-order chi connectivity index (χ1) is 12.0. The van der Waals surface area contributed by atoms with Crippen molar-refractivity contribution >= 4 is 16.8 Å². The Morgan fingerprint density at radius 2 is 1.88 bits per heavy atom. The first kappa shape index (κ1) is 16.9. The third-order valence-electron chi connectivity index (χ3n) is 4.29. The molecule has 0 radical (unpaired) electrons. The Balaban J connectivity index is 1.92. The van der Waals surface area contributed by atoms with Gasteiger partial charge in [0, 0.05) is 17.7 Å². The number of carbonyl (C=O) groups is 1. The molecule has 128 valence electrons. The van der Waals surface area contributed by atoms with E-state index in [1.54, 1.807) is 4.90 Å². The van der Waals surface area contributed by atoms with Crippen molar-refractivity contribution in [2.75, 3.05) is 6.54 Å². The molecule has 0 fully saturated rings. The highest BCUT2D eigenvalue weighted by molar-refractivity contribution is 5.94. The van der Waals surface area contributed by atoms with Gasteiger partial charge in [-0.15, -0.1) is 0 Å². The molecule has 0 spiro atoms. The van der Waals surface area contributed by atoms with Crippen molar-refractivity contribution in [1.29, 1.82) is 0 Å². The van der Waals surface area contributed by atoms with Crippen LogP contribution in [-0.4, -0.2) is 22.3 Å². The largest absolute Gasteiger partial charge is 0.334 e. The predicted octanol–water partition coefficient (Wildman–Crippen LogP) is 3.64. The lowest BCUT2D eigenvalue weighted by Gasteiger charge is -2.21. The molecule has 0 atom stereocenters. The van der Waals surface area contributed by atoms with Gasteiger partial charge in [-0.1, -0.05) is 18.2 Å². The van der Waals surface area contributed by atoms with Crippen LogP contribution >= 0.6 is 0 Å². The Bertz CT molecular complexity index is 977. The number of halogens is 1. The number of fused-ring (bicyclic) bond motifs is 1. The van der Waals surface area contributed by atoms with Gasteiger partial charge >= 0.3 is 0 Å². The van der Waals surface area contributed by atoms with Crippen molar-refractivity contribution < 1.29 is 9.18 Å². The average Bonchev–Trinajstić information content (AvgIpc) is 2.61. The van der Waals surface area contributed by atoms with Gasteiger partial charge in [-0.2, -0.15) is 0 Å². The van der Waals surface area contributed by atoms with Crippen molar-refractivity contribution in [3.05, 3.63) is 81.4 Å². The van der Waals surface area contributed by atoms with E-state index in [-0.39, 0.29) is 23.8 Å². The van der Waals surface area contributed by atoms with Crippen LogP contribution in [-0.2, 0) is 6.54 Å². The number of rotatable bonds is 4. The van der Waals surface area contributed by atoms with Crippen LogP contribution in [0.5, 0.6) is 0 Å². The Kier molecular flexibility index (Phi) is 4.65. The molecule has 0 unspecified atom stereocenters. The monoisotopic (exact) mass is 338 g/mol. The Labute approximate surface area is 144 Å². The van der Waals surface area contributed by atoms with Gasteiger partial charge in [0.15, 0.2) is 0 Å². The second-order valence-electron chi connectivity index (χ2n) is 5.99. The molecular formula is C20H19FN2O2. The van der Waals surface area contributed by atoms with Gasteiger partial charge < -0.3 is 9.88 Å². The zero-order chi connectivity index (χ0) is 18.0. The summed E-state index contributed by atoms with van der Waals surface area (Å²) in [5, 5.41) is 0.930. The van der Waals surface area contributed by atoms with Crippen LogP contribution in [0, 0.1) is 12.7 Å². The second-order valence-corrected chi connectivity index (χ2v) is 5.99. The third-order valence-corrected chi connectivity index (χ3v) is 4.29. The van der Waals surface area contributed by atoms with Gasteiger partial charge in [-0.3, -0.25) is 9.59 Å². The second kappa shape index (κ2) is 6.89. The fourth-order valence-corrected chi connectivity index (χ4v) is 2.85. The fourth-order valence-electron chi connectivity index (χ4n) is 2.85. The molecule has 2 aromatic carbocycles. The number of amides is 1. The highest BCUT2D eigenvalue weighted by Crippen LogP contribution is 2.16. The Morgan fingerprint density at radius 1 is 1.16 bits per heavy atom. The van der Waals surface area contributed by atoms with Crippen molar-refractivity contribution in [2.24, 2.45) is 0 Å². The average molecular weight is 338 g/mol. The molecule has 0 aliphatic carbocycles. The number of nitrogens with one attached hydrogen (secondary N) is 1. The SMILES string of the molecule is CCN(Cc1cc2cccc(C)c2[nH]c1=O)C(=O)c1ccc(F)cc1. The molecule has 1 amide bonds. The zero-order valence-corrected chi connectivity index (χ0v) is 14.2. The van der Waals surface area contributed by atoms with Gasteiger partial charge in [0.05, 0.1) is 12.1 Å². The summed E-state index contributed by atoms with van der Waals surface area (Å²) in [5.41, 5.74) is 2.53. The van der Waals surface area contributed by atoms with Gasteiger partial charge in [0.1, 0.15) is 5.82 Å². The summed E-state index contributed by atoms with van der Waals surface area (Å²) in [6.45, 7) is 4.43. The van der Waals surface area contributed by atoms with Crippen LogP contribution in [0.15, 0.2) is 53.3 Å². The summed E-state index contributed by atoms with van der Waals surface area (Å²) in [6, 6.07) is 13.0. The van der Waals surface area contributed by atoms with E-state index in [0.717, 1.165) is 16.5 Å². The summed E-state index contributed by atoms with van der Waals surface area (Å²) in [6.07, 6.45) is 0. The maximum Gasteiger partial charge on any atom is 0.254 e. The summed E-state index contributed by atoms with van der Waals surface area (Å²) in [4.78, 5) is 29.5. The molecule has 1 heterocycles. The number of hydrogen-bond acceptors (Lipinski definition) is 2. The van der Waals surface area contributed by atoms with E-state index in [0.29, 0.717) is 17.7 Å². The molecule has 0 aliphatic heterocycles. The molecule has 0 aliphatic rings. The number of carbonyl (C=O) groups excluding carboxylic acids is 1. The van der Waals surface area contributed by atoms with Crippen LogP contribution in [0.25, 0.3) is 10.9 Å². The lowest BCUT2D eigenvalue weighted by Crippen LogP contribution is -2.32. The van der Waals surface area contributed by atoms with E-state index >= 15 is 0 Å². The molecule has 0 saturated heterocycles. The number of aromatic nitrogens is 1. The minimum atomic E-state index is -0.388. The highest BCUT2D eigenvalue weighted by Gasteiger charge is 2.16. The van der Waals surface area contributed by atoms with Gasteiger partial charge in [0.25, 0.3) is 11.5 Å². The maximum absolute atomic E-state index is 13.0. The van der Waals surface area contributed by atoms with Crippen LogP contribution in [0.3, 0.4) is 0 Å². The molecule has 25 heavy (non-hydrogen) atoms. The van der Waals surface area contributed by atoms with E-state index in [1.807, 2.05) is 38.1 Å². The molecule has 3 rings (SSSR count). The number of hydrogen-bond donors (Lipinski definition) is 1. The molecular weight excluding hydrogens is 319 g/mol. The van der Waals surface area contributed by atoms with E-state index in [2.05, 4.69) is 4.98 Å². The van der Waals surface area contributed by atoms with Crippen LogP contribution in [0.1, 0.15) is 28.4 Å². The quantitative estimate of drug-likeness (QED) is 0.790. The first-order valence-electron chi connectivity index (χ1n) is 8.16. The maximum atomic E-state index is 13.0. The van der Waals surface area contributed by atoms with Gasteiger partial charge in [0.2, 0.25) is 0 Å². The Morgan fingerprint density at radius 3 is 2.56 bits per heavy atom. The number of H-pyrrole nitrogens is 1. The molecule has 4 nitrogen and oxygen atoms in total. The summed E-state index contributed by atoms with van der Waals surface area (Å²) in [7, 11) is 0. The third kappa shape index (κ3) is 3.45. The first-order valence-corrected chi connectivity index (χ1v) is 8.16. The minimum Gasteiger partial charge on any atom is -0.334 e. The smallest absolute Gasteiger partial charge is 0.254 e. The lowest BCUT2D eigenvalue weighted by molar-refractivity contribution is 0.0752.